The molecule has 0 bridgehead atoms. The molecule has 0 aromatic carbocycles. The minimum absolute atomic E-state index is 0.189. The molecule has 0 unspecified atom stereocenters. The first-order valence-electron chi connectivity index (χ1n) is 5.30. The van der Waals surface area contributed by atoms with Crippen molar-refractivity contribution >= 4 is 5.97 Å². The van der Waals surface area contributed by atoms with E-state index in [2.05, 4.69) is 5.32 Å². The van der Waals surface area contributed by atoms with Crippen LogP contribution in [0.5, 0.6) is 0 Å². The van der Waals surface area contributed by atoms with Crippen LogP contribution in [0.15, 0.2) is 10.5 Å². The van der Waals surface area contributed by atoms with E-state index in [-0.39, 0.29) is 11.7 Å². The number of nitrogens with one attached hydrogen (secondary N) is 1. The fourth-order valence-corrected chi connectivity index (χ4v) is 1.84. The number of rotatable bonds is 4. The summed E-state index contributed by atoms with van der Waals surface area (Å²) < 4.78 is 5.32. The van der Waals surface area contributed by atoms with Crippen molar-refractivity contribution in [1.29, 1.82) is 0 Å². The molecule has 88 valence electrons. The van der Waals surface area contributed by atoms with Crippen LogP contribution in [0.25, 0.3) is 0 Å². The van der Waals surface area contributed by atoms with Crippen LogP contribution < -0.4 is 5.32 Å². The zero-order valence-electron chi connectivity index (χ0n) is 9.06. The zero-order chi connectivity index (χ0) is 11.7. The average molecular weight is 225 g/mol. The first kappa shape index (κ1) is 11.2. The Kier molecular flexibility index (Phi) is 2.98. The van der Waals surface area contributed by atoms with E-state index in [9.17, 15) is 4.79 Å². The summed E-state index contributed by atoms with van der Waals surface area (Å²) in [7, 11) is 0. The lowest BCUT2D eigenvalue weighted by molar-refractivity contribution is 0.0611. The summed E-state index contributed by atoms with van der Waals surface area (Å²) in [6.45, 7) is 2.14. The third kappa shape index (κ3) is 2.25. The Balaban J connectivity index is 1.90. The van der Waals surface area contributed by atoms with Crippen molar-refractivity contribution in [1.82, 2.24) is 5.32 Å². The molecule has 5 heteroatoms. The molecule has 2 rings (SSSR count). The average Bonchev–Trinajstić information content (AvgIpc) is 2.53. The van der Waals surface area contributed by atoms with Gasteiger partial charge in [0, 0.05) is 6.04 Å². The lowest BCUT2D eigenvalue weighted by Gasteiger charge is -2.31. The van der Waals surface area contributed by atoms with Crippen molar-refractivity contribution in [2.75, 3.05) is 0 Å². The number of aliphatic hydroxyl groups is 1. The fraction of sp³-hybridized carbons (Fsp3) is 0.545. The van der Waals surface area contributed by atoms with Crippen LogP contribution in [0.2, 0.25) is 0 Å². The first-order chi connectivity index (χ1) is 7.56. The highest BCUT2D eigenvalue weighted by atomic mass is 16.4. The predicted molar refractivity (Wildman–Crippen MR) is 56.3 cm³/mol. The second kappa shape index (κ2) is 4.27. The quantitative estimate of drug-likeness (QED) is 0.709. The van der Waals surface area contributed by atoms with Crippen molar-refractivity contribution in [2.24, 2.45) is 0 Å². The van der Waals surface area contributed by atoms with Crippen molar-refractivity contribution in [3.05, 3.63) is 23.2 Å². The van der Waals surface area contributed by atoms with E-state index in [0.29, 0.717) is 24.1 Å². The molecular formula is C11H15NO4. The highest BCUT2D eigenvalue weighted by molar-refractivity contribution is 5.88. The predicted octanol–water partition coefficient (Wildman–Crippen LogP) is 0.899. The first-order valence-corrected chi connectivity index (χ1v) is 5.30. The molecule has 0 radical (unpaired) electrons. The molecule has 1 aliphatic carbocycles. The molecule has 16 heavy (non-hydrogen) atoms. The van der Waals surface area contributed by atoms with Gasteiger partial charge in [-0.1, -0.05) is 0 Å². The normalized spacial score (nSPS) is 24.1. The van der Waals surface area contributed by atoms with Crippen LogP contribution in [0.1, 0.15) is 34.7 Å². The lowest BCUT2D eigenvalue weighted by Crippen LogP contribution is -2.43. The maximum absolute atomic E-state index is 10.8. The number of hydrogen-bond acceptors (Lipinski definition) is 4. The summed E-state index contributed by atoms with van der Waals surface area (Å²) in [5.41, 5.74) is 0.213. The Bertz CT molecular complexity index is 393. The smallest absolute Gasteiger partial charge is 0.339 e. The maximum Gasteiger partial charge on any atom is 0.339 e. The van der Waals surface area contributed by atoms with Crippen molar-refractivity contribution < 1.29 is 19.4 Å². The lowest BCUT2D eigenvalue weighted by atomic mass is 9.89. The molecule has 5 nitrogen and oxygen atoms in total. The van der Waals surface area contributed by atoms with E-state index >= 15 is 0 Å². The van der Waals surface area contributed by atoms with E-state index in [1.165, 1.54) is 0 Å². The minimum Gasteiger partial charge on any atom is -0.478 e. The zero-order valence-corrected chi connectivity index (χ0v) is 9.06. The number of furan rings is 1. The molecule has 0 amide bonds. The molecule has 1 saturated carbocycles. The van der Waals surface area contributed by atoms with E-state index in [1.807, 2.05) is 0 Å². The summed E-state index contributed by atoms with van der Waals surface area (Å²) >= 11 is 0. The number of carboxylic acid groups (broad SMARTS) is 1. The molecule has 0 aliphatic heterocycles. The highest BCUT2D eigenvalue weighted by Crippen LogP contribution is 2.20. The van der Waals surface area contributed by atoms with Gasteiger partial charge in [-0.2, -0.15) is 0 Å². The van der Waals surface area contributed by atoms with Crippen LogP contribution >= 0.6 is 0 Å². The van der Waals surface area contributed by atoms with Crippen LogP contribution in [-0.4, -0.2) is 28.3 Å². The van der Waals surface area contributed by atoms with Crippen LogP contribution in [0.3, 0.4) is 0 Å². The molecule has 1 fully saturated rings. The Labute approximate surface area is 93.1 Å². The van der Waals surface area contributed by atoms with E-state index < -0.39 is 5.97 Å². The van der Waals surface area contributed by atoms with E-state index in [1.54, 1.807) is 13.0 Å². The summed E-state index contributed by atoms with van der Waals surface area (Å²) in [4.78, 5) is 10.8. The molecule has 1 aliphatic rings. The van der Waals surface area contributed by atoms with Crippen molar-refractivity contribution in [3.8, 4) is 0 Å². The van der Waals surface area contributed by atoms with Crippen LogP contribution in [0.4, 0.5) is 0 Å². The summed E-state index contributed by atoms with van der Waals surface area (Å²) in [6.07, 6.45) is 1.32. The topological polar surface area (TPSA) is 82.7 Å². The molecule has 1 heterocycles. The monoisotopic (exact) mass is 225 g/mol. The highest BCUT2D eigenvalue weighted by Gasteiger charge is 2.26. The molecule has 0 spiro atoms. The van der Waals surface area contributed by atoms with Crippen LogP contribution in [0, 0.1) is 6.92 Å². The van der Waals surface area contributed by atoms with Gasteiger partial charge < -0.3 is 19.9 Å². The van der Waals surface area contributed by atoms with Gasteiger partial charge in [-0.25, -0.2) is 4.79 Å². The fourth-order valence-electron chi connectivity index (χ4n) is 1.84. The minimum atomic E-state index is -0.966. The summed E-state index contributed by atoms with van der Waals surface area (Å²) in [5.74, 6) is 0.0841. The van der Waals surface area contributed by atoms with Crippen molar-refractivity contribution in [2.45, 2.75) is 38.5 Å². The molecule has 0 saturated heterocycles. The molecule has 1 aromatic rings. The Morgan fingerprint density at radius 3 is 2.81 bits per heavy atom. The van der Waals surface area contributed by atoms with Gasteiger partial charge in [-0.15, -0.1) is 0 Å². The number of carboxylic acids is 1. The van der Waals surface area contributed by atoms with Gasteiger partial charge in [0.1, 0.15) is 17.1 Å². The molecule has 0 atom stereocenters. The van der Waals surface area contributed by atoms with Gasteiger partial charge in [0.25, 0.3) is 0 Å². The molecule has 3 N–H and O–H groups in total. The summed E-state index contributed by atoms with van der Waals surface area (Å²) in [6, 6.07) is 1.86. The summed E-state index contributed by atoms with van der Waals surface area (Å²) in [5, 5.41) is 21.1. The molecular weight excluding hydrogens is 210 g/mol. The van der Waals surface area contributed by atoms with Gasteiger partial charge >= 0.3 is 5.97 Å². The third-order valence-corrected chi connectivity index (χ3v) is 2.88. The SMILES string of the molecule is Cc1oc(CNC2CC(O)C2)cc1C(=O)O. The van der Waals surface area contributed by atoms with Gasteiger partial charge in [0.05, 0.1) is 12.6 Å². The number of aliphatic hydroxyl groups excluding tert-OH is 1. The number of carbonyl (C=O) groups is 1. The van der Waals surface area contributed by atoms with Gasteiger partial charge in [0.15, 0.2) is 0 Å². The number of hydrogen-bond donors (Lipinski definition) is 3. The van der Waals surface area contributed by atoms with E-state index in [0.717, 1.165) is 12.8 Å². The van der Waals surface area contributed by atoms with Gasteiger partial charge in [-0.05, 0) is 25.8 Å². The standard InChI is InChI=1S/C11H15NO4/c1-6-10(11(14)15)4-9(16-6)5-12-7-2-8(13)3-7/h4,7-8,12-13H,2-3,5H2,1H3,(H,14,15). The number of aromatic carboxylic acids is 1. The van der Waals surface area contributed by atoms with Gasteiger partial charge in [0.2, 0.25) is 0 Å². The van der Waals surface area contributed by atoms with Crippen LogP contribution in [-0.2, 0) is 6.54 Å². The Morgan fingerprint density at radius 2 is 2.31 bits per heavy atom. The second-order valence-electron chi connectivity index (χ2n) is 4.19. The van der Waals surface area contributed by atoms with Gasteiger partial charge in [-0.3, -0.25) is 0 Å². The Hall–Kier alpha value is -1.33. The second-order valence-corrected chi connectivity index (χ2v) is 4.19. The third-order valence-electron chi connectivity index (χ3n) is 2.88. The van der Waals surface area contributed by atoms with Crippen molar-refractivity contribution in [3.63, 3.8) is 0 Å². The Morgan fingerprint density at radius 1 is 1.62 bits per heavy atom. The molecule has 1 aromatic heterocycles. The largest absolute Gasteiger partial charge is 0.478 e. The number of aryl methyl sites for hydroxylation is 1. The van der Waals surface area contributed by atoms with E-state index in [4.69, 9.17) is 14.6 Å². The maximum atomic E-state index is 10.8.